The van der Waals surface area contributed by atoms with Crippen molar-refractivity contribution in [1.82, 2.24) is 34.2 Å². The predicted molar refractivity (Wildman–Crippen MR) is 120 cm³/mol. The molecule has 1 saturated heterocycles. The van der Waals surface area contributed by atoms with E-state index in [-0.39, 0.29) is 28.8 Å². The zero-order valence-electron chi connectivity index (χ0n) is 19.2. The number of likely N-dealkylation sites (tertiary alicyclic amines) is 1. The maximum atomic E-state index is 12.9. The molecule has 5 rings (SSSR count). The minimum atomic E-state index is -0.235. The molecule has 10 heteroatoms. The summed E-state index contributed by atoms with van der Waals surface area (Å²) in [6, 6.07) is 1.80. The second-order valence-corrected chi connectivity index (χ2v) is 10.4. The Labute approximate surface area is 186 Å². The Morgan fingerprint density at radius 3 is 2.53 bits per heavy atom. The highest BCUT2D eigenvalue weighted by Crippen LogP contribution is 2.48. The van der Waals surface area contributed by atoms with Crippen molar-refractivity contribution < 1.29 is 9.59 Å². The van der Waals surface area contributed by atoms with Crippen molar-refractivity contribution in [1.29, 1.82) is 0 Å². The van der Waals surface area contributed by atoms with Crippen LogP contribution in [0.3, 0.4) is 0 Å². The minimum Gasteiger partial charge on any atom is -0.337 e. The molecule has 2 fully saturated rings. The van der Waals surface area contributed by atoms with Crippen LogP contribution >= 0.6 is 0 Å². The van der Waals surface area contributed by atoms with E-state index in [1.807, 2.05) is 42.0 Å². The lowest BCUT2D eigenvalue weighted by Crippen LogP contribution is -2.67. The number of aryl methyl sites for hydroxylation is 2. The maximum absolute atomic E-state index is 12.9. The summed E-state index contributed by atoms with van der Waals surface area (Å²) in [5, 5.41) is 14.5. The van der Waals surface area contributed by atoms with Crippen molar-refractivity contribution in [3.8, 4) is 0 Å². The van der Waals surface area contributed by atoms with Crippen molar-refractivity contribution in [2.45, 2.75) is 45.1 Å². The van der Waals surface area contributed by atoms with Crippen LogP contribution in [0.2, 0.25) is 0 Å². The van der Waals surface area contributed by atoms with E-state index in [0.29, 0.717) is 11.4 Å². The standard InChI is InChI=1S/C22H30N8O2/c1-21(2,3)16-8-17(26-28(16)5)25-20(32)24-14-9-22(10-14)12-29(13-22)19(31)15-11-23-30-7-6-27(4)18(15)30/h6-8,11,14H,9-10,12-13H2,1-5H3,(H2,24,25,26,32). The van der Waals surface area contributed by atoms with Crippen molar-refractivity contribution in [3.05, 3.63) is 35.9 Å². The monoisotopic (exact) mass is 438 g/mol. The van der Waals surface area contributed by atoms with E-state index >= 15 is 0 Å². The van der Waals surface area contributed by atoms with Crippen LogP contribution in [0.25, 0.3) is 5.65 Å². The molecule has 32 heavy (non-hydrogen) atoms. The summed E-state index contributed by atoms with van der Waals surface area (Å²) < 4.78 is 5.43. The van der Waals surface area contributed by atoms with E-state index in [9.17, 15) is 9.59 Å². The zero-order chi connectivity index (χ0) is 22.8. The van der Waals surface area contributed by atoms with Gasteiger partial charge in [-0.1, -0.05) is 20.8 Å². The number of nitrogens with zero attached hydrogens (tertiary/aromatic N) is 6. The highest BCUT2D eigenvalue weighted by atomic mass is 16.2. The molecule has 170 valence electrons. The summed E-state index contributed by atoms with van der Waals surface area (Å²) in [5.41, 5.74) is 2.57. The number of urea groups is 1. The Morgan fingerprint density at radius 2 is 1.88 bits per heavy atom. The highest BCUT2D eigenvalue weighted by molar-refractivity contribution is 6.00. The first-order valence-electron chi connectivity index (χ1n) is 10.9. The number of hydrogen-bond donors (Lipinski definition) is 2. The fourth-order valence-corrected chi connectivity index (χ4v) is 5.19. The topological polar surface area (TPSA) is 101 Å². The number of nitrogens with one attached hydrogen (secondary N) is 2. The molecule has 0 atom stereocenters. The molecule has 2 N–H and O–H groups in total. The molecule has 3 amide bonds. The van der Waals surface area contributed by atoms with Crippen LogP contribution in [0.1, 0.15) is 49.7 Å². The van der Waals surface area contributed by atoms with E-state index < -0.39 is 0 Å². The summed E-state index contributed by atoms with van der Waals surface area (Å²) >= 11 is 0. The molecular weight excluding hydrogens is 408 g/mol. The van der Waals surface area contributed by atoms with Crippen LogP contribution in [0, 0.1) is 5.41 Å². The van der Waals surface area contributed by atoms with Crippen LogP contribution in [0.5, 0.6) is 0 Å². The number of anilines is 1. The summed E-state index contributed by atoms with van der Waals surface area (Å²) in [5.74, 6) is 0.573. The molecule has 0 aromatic carbocycles. The minimum absolute atomic E-state index is 0.0198. The van der Waals surface area contributed by atoms with E-state index in [0.717, 1.165) is 37.3 Å². The third kappa shape index (κ3) is 3.34. The maximum Gasteiger partial charge on any atom is 0.320 e. The number of carbonyl (C=O) groups excluding carboxylic acids is 2. The van der Waals surface area contributed by atoms with Crippen molar-refractivity contribution in [2.75, 3.05) is 18.4 Å². The van der Waals surface area contributed by atoms with Gasteiger partial charge in [-0.3, -0.25) is 14.8 Å². The van der Waals surface area contributed by atoms with Gasteiger partial charge >= 0.3 is 6.03 Å². The molecule has 2 aliphatic rings. The first-order chi connectivity index (χ1) is 15.0. The van der Waals surface area contributed by atoms with Gasteiger partial charge in [0.25, 0.3) is 5.91 Å². The van der Waals surface area contributed by atoms with Gasteiger partial charge in [-0.2, -0.15) is 10.2 Å². The van der Waals surface area contributed by atoms with E-state index in [1.165, 1.54) is 0 Å². The van der Waals surface area contributed by atoms with Gasteiger partial charge in [-0.15, -0.1) is 0 Å². The highest BCUT2D eigenvalue weighted by Gasteiger charge is 2.54. The quantitative estimate of drug-likeness (QED) is 0.654. The molecule has 10 nitrogen and oxygen atoms in total. The Hall–Kier alpha value is -3.30. The van der Waals surface area contributed by atoms with E-state index in [2.05, 4.69) is 41.6 Å². The Balaban J connectivity index is 1.12. The summed E-state index contributed by atoms with van der Waals surface area (Å²) in [7, 11) is 3.80. The largest absolute Gasteiger partial charge is 0.337 e. The number of amides is 3. The first-order valence-corrected chi connectivity index (χ1v) is 10.9. The van der Waals surface area contributed by atoms with Crippen LogP contribution in [-0.4, -0.2) is 59.9 Å². The van der Waals surface area contributed by atoms with Gasteiger partial charge in [-0.05, 0) is 12.8 Å². The molecule has 1 aliphatic carbocycles. The number of rotatable bonds is 3. The van der Waals surface area contributed by atoms with Gasteiger partial charge in [0.05, 0.1) is 6.20 Å². The molecule has 1 spiro atoms. The average Bonchev–Trinajstić information content (AvgIpc) is 3.31. The molecule has 0 unspecified atom stereocenters. The summed E-state index contributed by atoms with van der Waals surface area (Å²) in [4.78, 5) is 27.2. The van der Waals surface area contributed by atoms with Crippen LogP contribution in [-0.2, 0) is 19.5 Å². The first kappa shape index (κ1) is 20.6. The summed E-state index contributed by atoms with van der Waals surface area (Å²) in [6.45, 7) is 7.79. The Kier molecular flexibility index (Phi) is 4.41. The number of hydrogen-bond acceptors (Lipinski definition) is 4. The van der Waals surface area contributed by atoms with Crippen molar-refractivity contribution in [3.63, 3.8) is 0 Å². The number of fused-ring (bicyclic) bond motifs is 1. The van der Waals surface area contributed by atoms with Gasteiger partial charge in [-0.25, -0.2) is 9.31 Å². The molecule has 0 bridgehead atoms. The second-order valence-electron chi connectivity index (χ2n) is 10.4. The van der Waals surface area contributed by atoms with Crippen LogP contribution < -0.4 is 10.6 Å². The van der Waals surface area contributed by atoms with Gasteiger partial charge in [0.2, 0.25) is 0 Å². The average molecular weight is 439 g/mol. The van der Waals surface area contributed by atoms with Crippen LogP contribution in [0.4, 0.5) is 10.6 Å². The second kappa shape index (κ2) is 6.85. The Morgan fingerprint density at radius 1 is 1.16 bits per heavy atom. The zero-order valence-corrected chi connectivity index (χ0v) is 19.2. The molecular formula is C22H30N8O2. The van der Waals surface area contributed by atoms with Gasteiger partial charge in [0, 0.05) is 68.2 Å². The lowest BCUT2D eigenvalue weighted by Gasteiger charge is -2.58. The normalized spacial score (nSPS) is 18.0. The van der Waals surface area contributed by atoms with Gasteiger partial charge < -0.3 is 14.8 Å². The fourth-order valence-electron chi connectivity index (χ4n) is 5.19. The van der Waals surface area contributed by atoms with Gasteiger partial charge in [0.1, 0.15) is 11.2 Å². The fraction of sp³-hybridized carbons (Fsp3) is 0.545. The number of imidazole rings is 1. The Bertz CT molecular complexity index is 1200. The van der Waals surface area contributed by atoms with Crippen molar-refractivity contribution >= 4 is 23.4 Å². The third-order valence-corrected chi connectivity index (χ3v) is 6.69. The summed E-state index contributed by atoms with van der Waals surface area (Å²) in [6.07, 6.45) is 7.13. The lowest BCUT2D eigenvalue weighted by molar-refractivity contribution is -0.0582. The molecule has 4 heterocycles. The molecule has 3 aromatic rings. The smallest absolute Gasteiger partial charge is 0.320 e. The SMILES string of the molecule is Cn1nc(NC(=O)NC2CC3(C2)CN(C(=O)c2cnn4ccn(C)c24)C3)cc1C(C)(C)C. The predicted octanol–water partition coefficient (Wildman–Crippen LogP) is 2.13. The number of aromatic nitrogens is 5. The lowest BCUT2D eigenvalue weighted by atomic mass is 9.60. The number of carbonyl (C=O) groups is 2. The molecule has 0 radical (unpaired) electrons. The van der Waals surface area contributed by atoms with Gasteiger partial charge in [0.15, 0.2) is 5.82 Å². The van der Waals surface area contributed by atoms with Crippen molar-refractivity contribution in [2.24, 2.45) is 19.5 Å². The third-order valence-electron chi connectivity index (χ3n) is 6.69. The van der Waals surface area contributed by atoms with E-state index in [4.69, 9.17) is 0 Å². The molecule has 1 saturated carbocycles. The van der Waals surface area contributed by atoms with Crippen LogP contribution in [0.15, 0.2) is 24.7 Å². The molecule has 3 aromatic heterocycles. The molecule has 1 aliphatic heterocycles. The van der Waals surface area contributed by atoms with E-state index in [1.54, 1.807) is 15.4 Å².